The second kappa shape index (κ2) is 11.3. The number of nitrogens with zero attached hydrogens (tertiary/aromatic N) is 1. The minimum Gasteiger partial charge on any atom is -0.311 e. The van der Waals surface area contributed by atoms with Crippen LogP contribution < -0.4 is 4.90 Å². The van der Waals surface area contributed by atoms with Crippen molar-refractivity contribution in [3.63, 3.8) is 0 Å². The van der Waals surface area contributed by atoms with Gasteiger partial charge >= 0.3 is 0 Å². The summed E-state index contributed by atoms with van der Waals surface area (Å²) in [4.78, 5) is 2.32. The van der Waals surface area contributed by atoms with Gasteiger partial charge in [-0.1, -0.05) is 132 Å². The molecule has 0 aliphatic rings. The number of benzene rings is 6. The van der Waals surface area contributed by atoms with Gasteiger partial charge in [0.1, 0.15) is 0 Å². The van der Waals surface area contributed by atoms with Crippen molar-refractivity contribution in [2.45, 2.75) is 26.2 Å². The molecule has 6 aromatic rings. The van der Waals surface area contributed by atoms with Gasteiger partial charge in [0.25, 0.3) is 0 Å². The summed E-state index contributed by atoms with van der Waals surface area (Å²) in [5.74, 6) is 0. The zero-order chi connectivity index (χ0) is 28.2. The molecule has 41 heavy (non-hydrogen) atoms. The molecule has 0 saturated heterocycles. The van der Waals surface area contributed by atoms with Crippen molar-refractivity contribution in [1.82, 2.24) is 0 Å². The molecule has 1 nitrogen and oxygen atoms in total. The number of hydrogen-bond donors (Lipinski definition) is 0. The monoisotopic (exact) mass is 529 g/mol. The zero-order valence-electron chi connectivity index (χ0n) is 24.0. The van der Waals surface area contributed by atoms with Crippen molar-refractivity contribution in [1.29, 1.82) is 0 Å². The predicted molar refractivity (Wildman–Crippen MR) is 174 cm³/mol. The third-order valence-electron chi connectivity index (χ3n) is 8.04. The van der Waals surface area contributed by atoms with Gasteiger partial charge in [-0.2, -0.15) is 0 Å². The lowest BCUT2D eigenvalue weighted by molar-refractivity contribution is 0.736. The summed E-state index contributed by atoms with van der Waals surface area (Å²) in [7, 11) is 0. The third-order valence-corrected chi connectivity index (χ3v) is 8.04. The molecule has 6 rings (SSSR count). The molecule has 0 saturated carbocycles. The fourth-order valence-corrected chi connectivity index (χ4v) is 6.13. The van der Waals surface area contributed by atoms with Gasteiger partial charge in [-0.15, -0.1) is 0 Å². The quantitative estimate of drug-likeness (QED) is 0.186. The molecule has 200 valence electrons. The van der Waals surface area contributed by atoms with E-state index in [9.17, 15) is 0 Å². The average molecular weight is 530 g/mol. The van der Waals surface area contributed by atoms with Crippen LogP contribution in [-0.2, 0) is 5.41 Å². The number of aryl methyl sites for hydroxylation is 3. The molecular formula is C40H35N. The van der Waals surface area contributed by atoms with Gasteiger partial charge in [0.2, 0.25) is 0 Å². The lowest BCUT2D eigenvalue weighted by Gasteiger charge is -2.38. The largest absolute Gasteiger partial charge is 0.311 e. The minimum absolute atomic E-state index is 0.480. The van der Waals surface area contributed by atoms with Gasteiger partial charge in [0, 0.05) is 17.1 Å². The first kappa shape index (κ1) is 26.3. The lowest BCUT2D eigenvalue weighted by Crippen LogP contribution is -2.32. The van der Waals surface area contributed by atoms with Gasteiger partial charge < -0.3 is 4.90 Å². The van der Waals surface area contributed by atoms with Crippen molar-refractivity contribution in [3.05, 3.63) is 197 Å². The van der Waals surface area contributed by atoms with Crippen LogP contribution in [0.2, 0.25) is 0 Å². The lowest BCUT2D eigenvalue weighted by atomic mass is 9.63. The fraction of sp³-hybridized carbons (Fsp3) is 0.100. The first-order valence-corrected chi connectivity index (χ1v) is 14.3. The number of anilines is 3. The molecule has 0 N–H and O–H groups in total. The zero-order valence-corrected chi connectivity index (χ0v) is 24.0. The van der Waals surface area contributed by atoms with E-state index in [1.54, 1.807) is 0 Å². The van der Waals surface area contributed by atoms with Crippen LogP contribution in [0.1, 0.15) is 38.9 Å². The van der Waals surface area contributed by atoms with E-state index in [0.717, 1.165) is 17.1 Å². The molecule has 0 aromatic heterocycles. The Morgan fingerprint density at radius 1 is 0.390 bits per heavy atom. The van der Waals surface area contributed by atoms with E-state index in [-0.39, 0.29) is 0 Å². The van der Waals surface area contributed by atoms with E-state index >= 15 is 0 Å². The Bertz CT molecular complexity index is 1700. The van der Waals surface area contributed by atoms with Gasteiger partial charge in [-0.3, -0.25) is 0 Å². The Labute approximate surface area is 244 Å². The summed E-state index contributed by atoms with van der Waals surface area (Å²) in [5.41, 5.74) is 11.8. The van der Waals surface area contributed by atoms with Crippen LogP contribution >= 0.6 is 0 Å². The molecule has 0 spiro atoms. The summed E-state index contributed by atoms with van der Waals surface area (Å²) >= 11 is 0. The summed E-state index contributed by atoms with van der Waals surface area (Å²) in [6, 6.07) is 57.2. The second-order valence-electron chi connectivity index (χ2n) is 10.9. The highest BCUT2D eigenvalue weighted by atomic mass is 15.1. The van der Waals surface area contributed by atoms with Gasteiger partial charge in [0.05, 0.1) is 5.41 Å². The van der Waals surface area contributed by atoms with Crippen molar-refractivity contribution < 1.29 is 0 Å². The number of rotatable bonds is 7. The Balaban J connectivity index is 1.62. The highest BCUT2D eigenvalue weighted by molar-refractivity contribution is 5.77. The molecule has 0 amide bonds. The van der Waals surface area contributed by atoms with E-state index in [1.807, 2.05) is 0 Å². The summed E-state index contributed by atoms with van der Waals surface area (Å²) < 4.78 is 0. The maximum Gasteiger partial charge on any atom is 0.0704 e. The molecule has 0 aliphatic carbocycles. The van der Waals surface area contributed by atoms with Crippen molar-refractivity contribution in [2.24, 2.45) is 0 Å². The van der Waals surface area contributed by atoms with E-state index in [2.05, 4.69) is 183 Å². The third kappa shape index (κ3) is 4.96. The van der Waals surface area contributed by atoms with Crippen LogP contribution in [0.15, 0.2) is 158 Å². The standard InChI is InChI=1S/C40H35N/c1-30-14-13-17-35(28-30)40(33-15-7-4-8-16-33,39-29-31(2)22-23-32(39)3)34-24-26-38(27-25-34)41(36-18-9-5-10-19-36)37-20-11-6-12-21-37/h4-29H,1-3H3. The van der Waals surface area contributed by atoms with Crippen LogP contribution in [0.3, 0.4) is 0 Å². The van der Waals surface area contributed by atoms with Crippen LogP contribution in [0, 0.1) is 20.8 Å². The molecule has 0 radical (unpaired) electrons. The topological polar surface area (TPSA) is 3.24 Å². The summed E-state index contributed by atoms with van der Waals surface area (Å²) in [6.45, 7) is 6.61. The molecule has 1 atom stereocenters. The van der Waals surface area contributed by atoms with Crippen LogP contribution in [0.4, 0.5) is 17.1 Å². The van der Waals surface area contributed by atoms with Crippen molar-refractivity contribution in [3.8, 4) is 0 Å². The Morgan fingerprint density at radius 3 is 1.46 bits per heavy atom. The highest BCUT2D eigenvalue weighted by Crippen LogP contribution is 2.47. The predicted octanol–water partition coefficient (Wildman–Crippen LogP) is 10.5. The summed E-state index contributed by atoms with van der Waals surface area (Å²) in [5, 5.41) is 0. The molecule has 0 aliphatic heterocycles. The van der Waals surface area contributed by atoms with Crippen LogP contribution in [0.5, 0.6) is 0 Å². The number of para-hydroxylation sites is 2. The van der Waals surface area contributed by atoms with E-state index in [1.165, 1.54) is 38.9 Å². The summed E-state index contributed by atoms with van der Waals surface area (Å²) in [6.07, 6.45) is 0. The normalized spacial score (nSPS) is 12.5. The first-order chi connectivity index (χ1) is 20.1. The van der Waals surface area contributed by atoms with E-state index < -0.39 is 5.41 Å². The smallest absolute Gasteiger partial charge is 0.0704 e. The van der Waals surface area contributed by atoms with Crippen LogP contribution in [-0.4, -0.2) is 0 Å². The molecule has 1 heteroatoms. The molecule has 0 fully saturated rings. The van der Waals surface area contributed by atoms with E-state index in [0.29, 0.717) is 0 Å². The van der Waals surface area contributed by atoms with Gasteiger partial charge in [-0.25, -0.2) is 0 Å². The Morgan fingerprint density at radius 2 is 0.878 bits per heavy atom. The minimum atomic E-state index is -0.480. The van der Waals surface area contributed by atoms with Crippen LogP contribution in [0.25, 0.3) is 0 Å². The maximum absolute atomic E-state index is 2.37. The average Bonchev–Trinajstić information content (AvgIpc) is 3.02. The maximum atomic E-state index is 2.37. The fourth-order valence-electron chi connectivity index (χ4n) is 6.13. The molecule has 0 heterocycles. The van der Waals surface area contributed by atoms with E-state index in [4.69, 9.17) is 0 Å². The molecule has 6 aromatic carbocycles. The first-order valence-electron chi connectivity index (χ1n) is 14.3. The second-order valence-corrected chi connectivity index (χ2v) is 10.9. The SMILES string of the molecule is Cc1cccc(C(c2ccccc2)(c2ccc(N(c3ccccc3)c3ccccc3)cc2)c2cc(C)ccc2C)c1. The highest BCUT2D eigenvalue weighted by Gasteiger charge is 2.39. The molecule has 1 unspecified atom stereocenters. The molecular weight excluding hydrogens is 494 g/mol. The van der Waals surface area contributed by atoms with Crippen molar-refractivity contribution in [2.75, 3.05) is 4.90 Å². The van der Waals surface area contributed by atoms with Gasteiger partial charge in [-0.05, 0) is 85.0 Å². The molecule has 0 bridgehead atoms. The van der Waals surface area contributed by atoms with Gasteiger partial charge in [0.15, 0.2) is 0 Å². The van der Waals surface area contributed by atoms with Crippen molar-refractivity contribution >= 4 is 17.1 Å². The number of hydrogen-bond acceptors (Lipinski definition) is 1. The Hall–Kier alpha value is -4.88. The Kier molecular flexibility index (Phi) is 7.27.